The highest BCUT2D eigenvalue weighted by Gasteiger charge is 2.33. The number of primary amides is 1. The Labute approximate surface area is 133 Å². The number of aromatic hydroxyl groups is 1. The Balaban J connectivity index is 2.76. The highest BCUT2D eigenvalue weighted by Crippen LogP contribution is 2.35. The number of unbranched alkanes of at least 4 members (excludes halogenated alkanes) is 5. The Bertz CT molecular complexity index is 487. The molecule has 0 aliphatic rings. The fourth-order valence-corrected chi connectivity index (χ4v) is 2.69. The number of benzene rings is 1. The van der Waals surface area contributed by atoms with Crippen molar-refractivity contribution in [3.63, 3.8) is 0 Å². The van der Waals surface area contributed by atoms with Gasteiger partial charge < -0.3 is 15.6 Å². The summed E-state index contributed by atoms with van der Waals surface area (Å²) in [5.41, 5.74) is 5.72. The van der Waals surface area contributed by atoms with Crippen LogP contribution >= 0.6 is 0 Å². The van der Waals surface area contributed by atoms with E-state index in [1.54, 1.807) is 18.2 Å². The van der Waals surface area contributed by atoms with Crippen molar-refractivity contribution < 1.29 is 14.6 Å². The largest absolute Gasteiger partial charge is 0.504 e. The van der Waals surface area contributed by atoms with Gasteiger partial charge in [-0.1, -0.05) is 51.5 Å². The van der Waals surface area contributed by atoms with Gasteiger partial charge in [-0.25, -0.2) is 0 Å². The minimum atomic E-state index is -0.730. The van der Waals surface area contributed by atoms with Gasteiger partial charge in [-0.2, -0.15) is 0 Å². The molecule has 1 amide bonds. The van der Waals surface area contributed by atoms with E-state index < -0.39 is 5.41 Å². The number of methoxy groups -OCH3 is 1. The summed E-state index contributed by atoms with van der Waals surface area (Å²) < 4.78 is 5.13. The van der Waals surface area contributed by atoms with Crippen LogP contribution in [0.15, 0.2) is 18.2 Å². The summed E-state index contributed by atoms with van der Waals surface area (Å²) in [6, 6.07) is 5.01. The second kappa shape index (κ2) is 8.66. The van der Waals surface area contributed by atoms with E-state index in [1.165, 1.54) is 32.8 Å². The second-order valence-electron chi connectivity index (χ2n) is 6.10. The summed E-state index contributed by atoms with van der Waals surface area (Å²) >= 11 is 0. The van der Waals surface area contributed by atoms with Crippen molar-refractivity contribution in [1.82, 2.24) is 0 Å². The molecule has 1 unspecified atom stereocenters. The van der Waals surface area contributed by atoms with Crippen molar-refractivity contribution in [2.45, 2.75) is 64.2 Å². The highest BCUT2D eigenvalue weighted by molar-refractivity contribution is 5.86. The van der Waals surface area contributed by atoms with Crippen LogP contribution in [0.25, 0.3) is 0 Å². The van der Waals surface area contributed by atoms with E-state index in [4.69, 9.17) is 10.5 Å². The van der Waals surface area contributed by atoms with Crippen molar-refractivity contribution in [3.05, 3.63) is 23.8 Å². The summed E-state index contributed by atoms with van der Waals surface area (Å²) in [4.78, 5) is 12.0. The summed E-state index contributed by atoms with van der Waals surface area (Å²) in [5.74, 6) is 0.0966. The van der Waals surface area contributed by atoms with Crippen LogP contribution in [0.2, 0.25) is 0 Å². The molecule has 3 N–H and O–H groups in total. The zero-order valence-corrected chi connectivity index (χ0v) is 14.0. The first kappa shape index (κ1) is 18.3. The molecule has 0 saturated carbocycles. The zero-order valence-electron chi connectivity index (χ0n) is 14.0. The SMILES string of the molecule is CCCCCCCCC(C)(C(N)=O)c1ccc(O)c(OC)c1. The number of nitrogens with two attached hydrogens (primary N) is 1. The molecule has 0 aromatic heterocycles. The summed E-state index contributed by atoms with van der Waals surface area (Å²) in [6.45, 7) is 4.07. The third-order valence-corrected chi connectivity index (χ3v) is 4.39. The van der Waals surface area contributed by atoms with Gasteiger partial charge in [0.05, 0.1) is 12.5 Å². The van der Waals surface area contributed by atoms with E-state index in [1.807, 2.05) is 6.92 Å². The molecule has 4 nitrogen and oxygen atoms in total. The molecular formula is C18H29NO3. The van der Waals surface area contributed by atoms with Gasteiger partial charge in [-0.05, 0) is 31.0 Å². The number of phenolic OH excluding ortho intramolecular Hbond substituents is 1. The number of hydrogen-bond donors (Lipinski definition) is 2. The van der Waals surface area contributed by atoms with Crippen LogP contribution in [0.1, 0.15) is 64.4 Å². The van der Waals surface area contributed by atoms with Gasteiger partial charge in [-0.3, -0.25) is 4.79 Å². The minimum absolute atomic E-state index is 0.0673. The molecule has 1 atom stereocenters. The van der Waals surface area contributed by atoms with E-state index >= 15 is 0 Å². The molecule has 0 bridgehead atoms. The number of ether oxygens (including phenoxy) is 1. The molecule has 0 aliphatic heterocycles. The van der Waals surface area contributed by atoms with Gasteiger partial charge in [0.15, 0.2) is 11.5 Å². The number of phenols is 1. The predicted molar refractivity (Wildman–Crippen MR) is 89.2 cm³/mol. The van der Waals surface area contributed by atoms with Crippen LogP contribution in [0.5, 0.6) is 11.5 Å². The highest BCUT2D eigenvalue weighted by atomic mass is 16.5. The molecule has 124 valence electrons. The molecular weight excluding hydrogens is 278 g/mol. The van der Waals surface area contributed by atoms with E-state index in [-0.39, 0.29) is 11.7 Å². The van der Waals surface area contributed by atoms with Crippen LogP contribution in [0.4, 0.5) is 0 Å². The van der Waals surface area contributed by atoms with E-state index in [9.17, 15) is 9.90 Å². The van der Waals surface area contributed by atoms with E-state index in [0.717, 1.165) is 18.4 Å². The fourth-order valence-electron chi connectivity index (χ4n) is 2.69. The molecule has 4 heteroatoms. The average Bonchev–Trinajstić information content (AvgIpc) is 2.50. The lowest BCUT2D eigenvalue weighted by molar-refractivity contribution is -0.123. The topological polar surface area (TPSA) is 72.6 Å². The quantitative estimate of drug-likeness (QED) is 0.644. The van der Waals surface area contributed by atoms with Crippen molar-refractivity contribution >= 4 is 5.91 Å². The summed E-state index contributed by atoms with van der Waals surface area (Å²) in [6.07, 6.45) is 7.72. The molecule has 1 aromatic rings. The molecule has 0 spiro atoms. The predicted octanol–water partition coefficient (Wildman–Crippen LogP) is 3.89. The Morgan fingerprint density at radius 1 is 1.23 bits per heavy atom. The lowest BCUT2D eigenvalue weighted by atomic mass is 9.77. The van der Waals surface area contributed by atoms with Crippen LogP contribution in [-0.4, -0.2) is 18.1 Å². The smallest absolute Gasteiger partial charge is 0.227 e. The standard InChI is InChI=1S/C18H29NO3/c1-4-5-6-7-8-9-12-18(2,17(19)21)14-10-11-15(20)16(13-14)22-3/h10-11,13,20H,4-9,12H2,1-3H3,(H2,19,21). The molecule has 1 aromatic carbocycles. The number of hydrogen-bond acceptors (Lipinski definition) is 3. The maximum Gasteiger partial charge on any atom is 0.227 e. The summed E-state index contributed by atoms with van der Waals surface area (Å²) in [5, 5.41) is 9.69. The van der Waals surface area contributed by atoms with Crippen molar-refractivity contribution in [2.24, 2.45) is 5.73 Å². The number of carbonyl (C=O) groups is 1. The van der Waals surface area contributed by atoms with Gasteiger partial charge >= 0.3 is 0 Å². The Morgan fingerprint density at radius 2 is 1.86 bits per heavy atom. The van der Waals surface area contributed by atoms with Gasteiger partial charge in [0, 0.05) is 0 Å². The third kappa shape index (κ3) is 4.65. The number of amides is 1. The monoisotopic (exact) mass is 307 g/mol. The Kier molecular flexibility index (Phi) is 7.22. The molecule has 1 rings (SSSR count). The Morgan fingerprint density at radius 3 is 2.45 bits per heavy atom. The van der Waals surface area contributed by atoms with Crippen LogP contribution in [-0.2, 0) is 10.2 Å². The normalized spacial score (nSPS) is 13.6. The lowest BCUT2D eigenvalue weighted by Gasteiger charge is -2.27. The summed E-state index contributed by atoms with van der Waals surface area (Å²) in [7, 11) is 1.49. The molecule has 0 heterocycles. The van der Waals surface area contributed by atoms with Crippen LogP contribution in [0, 0.1) is 0 Å². The van der Waals surface area contributed by atoms with Gasteiger partial charge in [0.2, 0.25) is 5.91 Å². The minimum Gasteiger partial charge on any atom is -0.504 e. The van der Waals surface area contributed by atoms with Crippen molar-refractivity contribution in [2.75, 3.05) is 7.11 Å². The van der Waals surface area contributed by atoms with E-state index in [2.05, 4.69) is 6.92 Å². The van der Waals surface area contributed by atoms with Crippen molar-refractivity contribution in [1.29, 1.82) is 0 Å². The first-order valence-electron chi connectivity index (χ1n) is 8.13. The van der Waals surface area contributed by atoms with Gasteiger partial charge in [0.25, 0.3) is 0 Å². The third-order valence-electron chi connectivity index (χ3n) is 4.39. The van der Waals surface area contributed by atoms with Crippen LogP contribution < -0.4 is 10.5 Å². The van der Waals surface area contributed by atoms with Gasteiger partial charge in [-0.15, -0.1) is 0 Å². The van der Waals surface area contributed by atoms with Crippen LogP contribution in [0.3, 0.4) is 0 Å². The molecule has 0 aliphatic carbocycles. The zero-order chi connectivity index (χ0) is 16.6. The van der Waals surface area contributed by atoms with Crippen molar-refractivity contribution in [3.8, 4) is 11.5 Å². The molecule has 22 heavy (non-hydrogen) atoms. The lowest BCUT2D eigenvalue weighted by Crippen LogP contribution is -2.38. The maximum absolute atomic E-state index is 12.0. The maximum atomic E-state index is 12.0. The Hall–Kier alpha value is -1.71. The fraction of sp³-hybridized carbons (Fsp3) is 0.611. The first-order valence-corrected chi connectivity index (χ1v) is 8.13. The number of rotatable bonds is 10. The van der Waals surface area contributed by atoms with E-state index in [0.29, 0.717) is 12.2 Å². The molecule has 0 saturated heterocycles. The number of carbonyl (C=O) groups excluding carboxylic acids is 1. The molecule has 0 radical (unpaired) electrons. The van der Waals surface area contributed by atoms with Gasteiger partial charge in [0.1, 0.15) is 0 Å². The molecule has 0 fully saturated rings. The second-order valence-corrected chi connectivity index (χ2v) is 6.10. The first-order chi connectivity index (χ1) is 10.5. The average molecular weight is 307 g/mol.